The molecule has 4 rings (SSSR count). The second kappa shape index (κ2) is 7.29. The van der Waals surface area contributed by atoms with Gasteiger partial charge in [-0.1, -0.05) is 11.3 Å². The molecule has 0 saturated heterocycles. The summed E-state index contributed by atoms with van der Waals surface area (Å²) in [6, 6.07) is 10.6. The van der Waals surface area contributed by atoms with E-state index in [1.54, 1.807) is 31.2 Å². The van der Waals surface area contributed by atoms with Crippen LogP contribution in [0.25, 0.3) is 20.8 Å². The van der Waals surface area contributed by atoms with Crippen LogP contribution in [0.1, 0.15) is 15.4 Å². The van der Waals surface area contributed by atoms with E-state index in [1.807, 2.05) is 0 Å². The van der Waals surface area contributed by atoms with Crippen LogP contribution in [0.5, 0.6) is 0 Å². The fraction of sp³-hybridized carbons (Fsp3) is 0.105. The highest BCUT2D eigenvalue weighted by molar-refractivity contribution is 7.90. The minimum atomic E-state index is -3.32. The number of thiazole rings is 2. The number of sulfone groups is 1. The molecule has 10 heteroatoms. The average molecular weight is 448 g/mol. The number of nitrogens with one attached hydrogen (secondary N) is 1. The molecule has 0 aliphatic rings. The quantitative estimate of drug-likeness (QED) is 0.497. The van der Waals surface area contributed by atoms with Crippen molar-refractivity contribution in [2.24, 2.45) is 0 Å². The fourth-order valence-electron chi connectivity index (χ4n) is 2.67. The monoisotopic (exact) mass is 447 g/mol. The largest absolute Gasteiger partial charge is 0.297 e. The summed E-state index contributed by atoms with van der Waals surface area (Å²) in [6.07, 6.45) is 1.14. The first-order chi connectivity index (χ1) is 13.7. The molecule has 2 aromatic carbocycles. The summed E-state index contributed by atoms with van der Waals surface area (Å²) >= 11 is 2.41. The molecule has 0 radical (unpaired) electrons. The second-order valence-corrected chi connectivity index (χ2v) is 10.4. The zero-order valence-electron chi connectivity index (χ0n) is 15.3. The predicted molar refractivity (Wildman–Crippen MR) is 113 cm³/mol. The Morgan fingerprint density at radius 3 is 2.48 bits per heavy atom. The molecular weight excluding hydrogens is 433 g/mol. The maximum atomic E-state index is 13.1. The standard InChI is InChI=1S/C19H14FN3O3S3/c1-10-16(28-18(21-10)11-3-5-12(20)6-4-11)17(24)23-19-22-14-8-7-13(29(2,25)26)9-15(14)27-19/h3-9H,1-2H3,(H,22,23,24). The van der Waals surface area contributed by atoms with Gasteiger partial charge >= 0.3 is 0 Å². The van der Waals surface area contributed by atoms with Crippen LogP contribution in [0.2, 0.25) is 0 Å². The number of rotatable bonds is 4. The van der Waals surface area contributed by atoms with Crippen LogP contribution in [0.3, 0.4) is 0 Å². The van der Waals surface area contributed by atoms with E-state index >= 15 is 0 Å². The van der Waals surface area contributed by atoms with Gasteiger partial charge in [0, 0.05) is 11.8 Å². The maximum absolute atomic E-state index is 13.1. The van der Waals surface area contributed by atoms with E-state index in [2.05, 4.69) is 15.3 Å². The minimum absolute atomic E-state index is 0.203. The van der Waals surface area contributed by atoms with Crippen molar-refractivity contribution in [3.8, 4) is 10.6 Å². The molecule has 6 nitrogen and oxygen atoms in total. The van der Waals surface area contributed by atoms with Gasteiger partial charge in [-0.2, -0.15) is 0 Å². The molecule has 2 heterocycles. The highest BCUT2D eigenvalue weighted by Gasteiger charge is 2.18. The molecule has 2 aromatic heterocycles. The second-order valence-electron chi connectivity index (χ2n) is 6.32. The summed E-state index contributed by atoms with van der Waals surface area (Å²) in [5, 5.41) is 3.74. The van der Waals surface area contributed by atoms with Crippen LogP contribution in [0.4, 0.5) is 9.52 Å². The molecule has 0 fully saturated rings. The predicted octanol–water partition coefficient (Wildman–Crippen LogP) is 4.52. The van der Waals surface area contributed by atoms with Crippen LogP contribution in [-0.2, 0) is 9.84 Å². The molecule has 0 saturated carbocycles. The minimum Gasteiger partial charge on any atom is -0.297 e. The number of carbonyl (C=O) groups is 1. The van der Waals surface area contributed by atoms with Crippen molar-refractivity contribution in [1.82, 2.24) is 9.97 Å². The molecule has 0 aliphatic heterocycles. The van der Waals surface area contributed by atoms with Crippen molar-refractivity contribution in [2.45, 2.75) is 11.8 Å². The Kier molecular flexibility index (Phi) is 4.93. The first kappa shape index (κ1) is 19.6. The van der Waals surface area contributed by atoms with Gasteiger partial charge in [0.15, 0.2) is 15.0 Å². The number of anilines is 1. The lowest BCUT2D eigenvalue weighted by Crippen LogP contribution is -2.11. The maximum Gasteiger partial charge on any atom is 0.269 e. The topological polar surface area (TPSA) is 89.0 Å². The van der Waals surface area contributed by atoms with Gasteiger partial charge in [0.05, 0.1) is 20.8 Å². The zero-order valence-corrected chi connectivity index (χ0v) is 17.7. The molecule has 0 atom stereocenters. The summed E-state index contributed by atoms with van der Waals surface area (Å²) in [5.74, 6) is -0.689. The van der Waals surface area contributed by atoms with Crippen molar-refractivity contribution in [1.29, 1.82) is 0 Å². The first-order valence-electron chi connectivity index (χ1n) is 8.36. The van der Waals surface area contributed by atoms with Gasteiger partial charge in [-0.25, -0.2) is 22.8 Å². The van der Waals surface area contributed by atoms with Crippen LogP contribution < -0.4 is 5.32 Å². The van der Waals surface area contributed by atoms with Crippen molar-refractivity contribution >= 4 is 53.8 Å². The Morgan fingerprint density at radius 2 is 1.79 bits per heavy atom. The number of amides is 1. The van der Waals surface area contributed by atoms with Crippen molar-refractivity contribution in [3.05, 3.63) is 58.9 Å². The van der Waals surface area contributed by atoms with Crippen LogP contribution in [0.15, 0.2) is 47.4 Å². The number of hydrogen-bond acceptors (Lipinski definition) is 7. The number of hydrogen-bond donors (Lipinski definition) is 1. The third-order valence-electron chi connectivity index (χ3n) is 4.10. The first-order valence-corrected chi connectivity index (χ1v) is 11.9. The number of benzene rings is 2. The Balaban J connectivity index is 1.60. The number of fused-ring (bicyclic) bond motifs is 1. The van der Waals surface area contributed by atoms with Crippen molar-refractivity contribution in [3.63, 3.8) is 0 Å². The van der Waals surface area contributed by atoms with Crippen LogP contribution in [-0.4, -0.2) is 30.5 Å². The summed E-state index contributed by atoms with van der Waals surface area (Å²) < 4.78 is 37.2. The van der Waals surface area contributed by atoms with Crippen molar-refractivity contribution in [2.75, 3.05) is 11.6 Å². The molecule has 0 bridgehead atoms. The van der Waals surface area contributed by atoms with Gasteiger partial charge < -0.3 is 0 Å². The normalized spacial score (nSPS) is 11.7. The third kappa shape index (κ3) is 4.04. The molecule has 0 unspecified atom stereocenters. The van der Waals surface area contributed by atoms with Crippen LogP contribution >= 0.6 is 22.7 Å². The van der Waals surface area contributed by atoms with Gasteiger partial charge in [0.1, 0.15) is 15.7 Å². The van der Waals surface area contributed by atoms with E-state index < -0.39 is 9.84 Å². The molecule has 1 amide bonds. The molecular formula is C19H14FN3O3S3. The molecule has 0 aliphatic carbocycles. The van der Waals surface area contributed by atoms with Crippen molar-refractivity contribution < 1.29 is 17.6 Å². The molecule has 4 aromatic rings. The van der Waals surface area contributed by atoms with Crippen LogP contribution in [0, 0.1) is 12.7 Å². The van der Waals surface area contributed by atoms with Gasteiger partial charge in [0.25, 0.3) is 5.91 Å². The number of aromatic nitrogens is 2. The highest BCUT2D eigenvalue weighted by Crippen LogP contribution is 2.31. The number of carbonyl (C=O) groups excluding carboxylic acids is 1. The Labute approximate surface area is 174 Å². The zero-order chi connectivity index (χ0) is 20.8. The van der Waals surface area contributed by atoms with E-state index in [0.29, 0.717) is 30.9 Å². The van der Waals surface area contributed by atoms with Gasteiger partial charge in [-0.15, -0.1) is 11.3 Å². The molecule has 1 N–H and O–H groups in total. The molecule has 148 valence electrons. The Bertz CT molecular complexity index is 1340. The third-order valence-corrected chi connectivity index (χ3v) is 7.35. The Hall–Kier alpha value is -2.69. The lowest BCUT2D eigenvalue weighted by molar-refractivity contribution is 0.103. The lowest BCUT2D eigenvalue weighted by atomic mass is 10.2. The molecule has 0 spiro atoms. The summed E-state index contributed by atoms with van der Waals surface area (Å²) in [6.45, 7) is 1.73. The van der Waals surface area contributed by atoms with E-state index in [9.17, 15) is 17.6 Å². The van der Waals surface area contributed by atoms with Gasteiger partial charge in [0.2, 0.25) is 0 Å². The SMILES string of the molecule is Cc1nc(-c2ccc(F)cc2)sc1C(=O)Nc1nc2ccc(S(C)(=O)=O)cc2s1. The highest BCUT2D eigenvalue weighted by atomic mass is 32.2. The van der Waals surface area contributed by atoms with E-state index in [1.165, 1.54) is 40.9 Å². The smallest absolute Gasteiger partial charge is 0.269 e. The van der Waals surface area contributed by atoms with Gasteiger partial charge in [-0.3, -0.25) is 10.1 Å². The summed E-state index contributed by atoms with van der Waals surface area (Å²) in [7, 11) is -3.32. The lowest BCUT2D eigenvalue weighted by Gasteiger charge is -1.98. The van der Waals surface area contributed by atoms with E-state index in [4.69, 9.17) is 0 Å². The number of halogens is 1. The average Bonchev–Trinajstić information content (AvgIpc) is 3.23. The molecule has 29 heavy (non-hydrogen) atoms. The summed E-state index contributed by atoms with van der Waals surface area (Å²) in [4.78, 5) is 22.1. The van der Waals surface area contributed by atoms with E-state index in [0.717, 1.165) is 11.8 Å². The number of aryl methyl sites for hydroxylation is 1. The van der Waals surface area contributed by atoms with Gasteiger partial charge in [-0.05, 0) is 49.4 Å². The Morgan fingerprint density at radius 1 is 1.07 bits per heavy atom. The number of nitrogens with zero attached hydrogens (tertiary/aromatic N) is 2. The van der Waals surface area contributed by atoms with E-state index in [-0.39, 0.29) is 16.6 Å². The summed E-state index contributed by atoms with van der Waals surface area (Å²) in [5.41, 5.74) is 1.89. The fourth-order valence-corrected chi connectivity index (χ4v) is 5.25.